The van der Waals surface area contributed by atoms with Crippen LogP contribution in [0, 0.1) is 0 Å². The average Bonchev–Trinajstić information content (AvgIpc) is 3.06. The van der Waals surface area contributed by atoms with Gasteiger partial charge in [0.15, 0.2) is 0 Å². The van der Waals surface area contributed by atoms with Gasteiger partial charge in [-0.15, -0.1) is 0 Å². The molecule has 2 aromatic rings. The number of thioether (sulfide) groups is 1. The number of para-hydroxylation sites is 1. The zero-order valence-corrected chi connectivity index (χ0v) is 18.6. The summed E-state index contributed by atoms with van der Waals surface area (Å²) in [5.41, 5.74) is 1.80. The summed E-state index contributed by atoms with van der Waals surface area (Å²) in [5.74, 6) is -0.220. The number of nitrogens with zero attached hydrogens (tertiary/aromatic N) is 2. The molecule has 5 nitrogen and oxygen atoms in total. The lowest BCUT2D eigenvalue weighted by Crippen LogP contribution is -2.35. The first-order valence-corrected chi connectivity index (χ1v) is 11.3. The summed E-state index contributed by atoms with van der Waals surface area (Å²) in [7, 11) is 0. The SMILES string of the molecule is O=C1C(=CC=Cc2ccccc2)SC(=S)N1CCCC(=O)N(CCO)c1ccccc1. The van der Waals surface area contributed by atoms with Crippen LogP contribution in [0.2, 0.25) is 0 Å². The summed E-state index contributed by atoms with van der Waals surface area (Å²) in [6, 6.07) is 19.1. The van der Waals surface area contributed by atoms with E-state index >= 15 is 0 Å². The Labute approximate surface area is 192 Å². The number of aliphatic hydroxyl groups is 1. The number of benzene rings is 2. The van der Waals surface area contributed by atoms with Crippen molar-refractivity contribution in [3.05, 3.63) is 83.3 Å². The fourth-order valence-electron chi connectivity index (χ4n) is 3.15. The Morgan fingerprint density at radius 2 is 1.77 bits per heavy atom. The third kappa shape index (κ3) is 6.37. The van der Waals surface area contributed by atoms with Gasteiger partial charge in [0, 0.05) is 25.2 Å². The van der Waals surface area contributed by atoms with Crippen LogP contribution in [-0.4, -0.2) is 45.8 Å². The molecule has 0 spiro atoms. The Morgan fingerprint density at radius 1 is 1.10 bits per heavy atom. The highest BCUT2D eigenvalue weighted by atomic mass is 32.2. The van der Waals surface area contributed by atoms with Crippen LogP contribution in [-0.2, 0) is 9.59 Å². The monoisotopic (exact) mass is 452 g/mol. The van der Waals surface area contributed by atoms with E-state index < -0.39 is 0 Å². The van der Waals surface area contributed by atoms with Crippen LogP contribution in [0.5, 0.6) is 0 Å². The summed E-state index contributed by atoms with van der Waals surface area (Å²) in [6.07, 6.45) is 6.31. The first-order valence-electron chi connectivity index (χ1n) is 10.0. The summed E-state index contributed by atoms with van der Waals surface area (Å²) >= 11 is 6.64. The maximum atomic E-state index is 12.7. The molecule has 1 heterocycles. The molecule has 1 aliphatic rings. The molecule has 0 radical (unpaired) electrons. The molecule has 0 aromatic heterocycles. The minimum atomic E-state index is -0.129. The van der Waals surface area contributed by atoms with Gasteiger partial charge in [0.25, 0.3) is 5.91 Å². The maximum Gasteiger partial charge on any atom is 0.266 e. The van der Waals surface area contributed by atoms with Gasteiger partial charge in [-0.3, -0.25) is 14.5 Å². The predicted octanol–water partition coefficient (Wildman–Crippen LogP) is 4.25. The molecule has 1 fully saturated rings. The van der Waals surface area contributed by atoms with Crippen LogP contribution in [0.4, 0.5) is 5.69 Å². The molecule has 0 atom stereocenters. The van der Waals surface area contributed by atoms with Crippen molar-refractivity contribution >= 4 is 51.9 Å². The van der Waals surface area contributed by atoms with Crippen LogP contribution in [0.3, 0.4) is 0 Å². The summed E-state index contributed by atoms with van der Waals surface area (Å²) < 4.78 is 0.507. The number of thiocarbonyl (C=S) groups is 1. The molecule has 1 aliphatic heterocycles. The summed E-state index contributed by atoms with van der Waals surface area (Å²) in [5, 5.41) is 9.31. The van der Waals surface area contributed by atoms with Crippen LogP contribution in [0.15, 0.2) is 77.7 Å². The zero-order chi connectivity index (χ0) is 22.1. The second-order valence-corrected chi connectivity index (χ2v) is 8.51. The molecule has 2 amide bonds. The third-order valence-corrected chi connectivity index (χ3v) is 6.07. The number of amides is 2. The minimum absolute atomic E-state index is 0.0907. The van der Waals surface area contributed by atoms with Crippen molar-refractivity contribution in [3.63, 3.8) is 0 Å². The van der Waals surface area contributed by atoms with Gasteiger partial charge in [0.2, 0.25) is 5.91 Å². The molecule has 0 saturated carbocycles. The quantitative estimate of drug-likeness (QED) is 0.455. The van der Waals surface area contributed by atoms with Crippen molar-refractivity contribution in [1.82, 2.24) is 4.90 Å². The van der Waals surface area contributed by atoms with Gasteiger partial charge >= 0.3 is 0 Å². The number of aliphatic hydroxyl groups excluding tert-OH is 1. The fraction of sp³-hybridized carbons (Fsp3) is 0.208. The first-order chi connectivity index (χ1) is 15.1. The lowest BCUT2D eigenvalue weighted by molar-refractivity contribution is -0.123. The average molecular weight is 453 g/mol. The molecule has 0 aliphatic carbocycles. The Morgan fingerprint density at radius 3 is 2.45 bits per heavy atom. The standard InChI is InChI=1S/C24H24N2O3S2/c27-18-17-25(20-12-5-2-6-13-20)22(28)15-8-16-26-23(29)21(31-24(26)30)14-7-11-19-9-3-1-4-10-19/h1-7,9-14,27H,8,15-18H2. The molecule has 1 N–H and O–H groups in total. The first kappa shape index (κ1) is 22.9. The lowest BCUT2D eigenvalue weighted by Gasteiger charge is -2.22. The number of carbonyl (C=O) groups is 2. The van der Waals surface area contributed by atoms with Crippen LogP contribution in [0.25, 0.3) is 6.08 Å². The van der Waals surface area contributed by atoms with Crippen molar-refractivity contribution in [3.8, 4) is 0 Å². The highest BCUT2D eigenvalue weighted by Gasteiger charge is 2.31. The highest BCUT2D eigenvalue weighted by molar-refractivity contribution is 8.26. The molecular weight excluding hydrogens is 428 g/mol. The number of hydrogen-bond acceptors (Lipinski definition) is 5. The summed E-state index contributed by atoms with van der Waals surface area (Å²) in [4.78, 5) is 29.0. The zero-order valence-electron chi connectivity index (χ0n) is 17.0. The molecule has 3 rings (SSSR count). The van der Waals surface area contributed by atoms with E-state index in [9.17, 15) is 14.7 Å². The van der Waals surface area contributed by atoms with Crippen LogP contribution in [0.1, 0.15) is 18.4 Å². The summed E-state index contributed by atoms with van der Waals surface area (Å²) in [6.45, 7) is 0.509. The Kier molecular flexibility index (Phi) is 8.58. The predicted molar refractivity (Wildman–Crippen MR) is 131 cm³/mol. The second kappa shape index (κ2) is 11.6. The van der Waals surface area contributed by atoms with Gasteiger partial charge in [-0.2, -0.15) is 0 Å². The number of rotatable bonds is 9. The fourth-order valence-corrected chi connectivity index (χ4v) is 4.41. The van der Waals surface area contributed by atoms with E-state index in [0.29, 0.717) is 22.2 Å². The van der Waals surface area contributed by atoms with E-state index in [1.165, 1.54) is 11.8 Å². The van der Waals surface area contributed by atoms with E-state index in [-0.39, 0.29) is 31.4 Å². The molecule has 2 aromatic carbocycles. The molecule has 0 unspecified atom stereocenters. The highest BCUT2D eigenvalue weighted by Crippen LogP contribution is 2.31. The van der Waals surface area contributed by atoms with Crippen LogP contribution >= 0.6 is 24.0 Å². The van der Waals surface area contributed by atoms with Gasteiger partial charge in [-0.05, 0) is 30.2 Å². The van der Waals surface area contributed by atoms with E-state index in [0.717, 1.165) is 11.3 Å². The normalized spacial score (nSPS) is 15.3. The van der Waals surface area contributed by atoms with E-state index in [4.69, 9.17) is 12.2 Å². The number of allylic oxidation sites excluding steroid dienone is 2. The Balaban J connectivity index is 1.54. The number of anilines is 1. The van der Waals surface area contributed by atoms with Crippen molar-refractivity contribution in [2.24, 2.45) is 0 Å². The van der Waals surface area contributed by atoms with Crippen molar-refractivity contribution < 1.29 is 14.7 Å². The topological polar surface area (TPSA) is 60.9 Å². The van der Waals surface area contributed by atoms with Gasteiger partial charge in [-0.1, -0.05) is 84.7 Å². The molecule has 160 valence electrons. The van der Waals surface area contributed by atoms with Crippen LogP contribution < -0.4 is 4.90 Å². The van der Waals surface area contributed by atoms with Gasteiger partial charge < -0.3 is 10.0 Å². The van der Waals surface area contributed by atoms with E-state index in [2.05, 4.69) is 0 Å². The molecule has 7 heteroatoms. The van der Waals surface area contributed by atoms with E-state index in [1.807, 2.05) is 72.8 Å². The van der Waals surface area contributed by atoms with Crippen molar-refractivity contribution in [2.45, 2.75) is 12.8 Å². The third-order valence-electron chi connectivity index (χ3n) is 4.67. The van der Waals surface area contributed by atoms with Gasteiger partial charge in [0.05, 0.1) is 11.5 Å². The number of carbonyl (C=O) groups excluding carboxylic acids is 2. The second-order valence-electron chi connectivity index (χ2n) is 6.83. The van der Waals surface area contributed by atoms with Crippen molar-refractivity contribution in [2.75, 3.05) is 24.6 Å². The van der Waals surface area contributed by atoms with E-state index in [1.54, 1.807) is 15.9 Å². The van der Waals surface area contributed by atoms with Gasteiger partial charge in [0.1, 0.15) is 4.32 Å². The smallest absolute Gasteiger partial charge is 0.266 e. The lowest BCUT2D eigenvalue weighted by atomic mass is 10.2. The number of hydrogen-bond donors (Lipinski definition) is 1. The molecule has 1 saturated heterocycles. The minimum Gasteiger partial charge on any atom is -0.395 e. The maximum absolute atomic E-state index is 12.7. The Bertz CT molecular complexity index is 975. The largest absolute Gasteiger partial charge is 0.395 e. The molecule has 0 bridgehead atoms. The molecular formula is C24H24N2O3S2. The van der Waals surface area contributed by atoms with Gasteiger partial charge in [-0.25, -0.2) is 0 Å². The molecule has 31 heavy (non-hydrogen) atoms. The Hall–Kier alpha value is -2.74. The van der Waals surface area contributed by atoms with Crippen molar-refractivity contribution in [1.29, 1.82) is 0 Å².